The Kier molecular flexibility index (Phi) is 4.57. The number of likely N-dealkylation sites (tertiary alicyclic amines) is 1. The molecule has 8 heteroatoms. The van der Waals surface area contributed by atoms with Crippen LogP contribution in [-0.2, 0) is 19.5 Å². The Morgan fingerprint density at radius 1 is 1.21 bits per heavy atom. The van der Waals surface area contributed by atoms with Crippen LogP contribution in [0.3, 0.4) is 0 Å². The van der Waals surface area contributed by atoms with E-state index in [1.54, 1.807) is 0 Å². The molecule has 24 heavy (non-hydrogen) atoms. The molecule has 130 valence electrons. The van der Waals surface area contributed by atoms with Crippen LogP contribution in [0.2, 0.25) is 0 Å². The number of aromatic nitrogens is 4. The number of piperidine rings is 1. The third-order valence-electron chi connectivity index (χ3n) is 4.63. The van der Waals surface area contributed by atoms with E-state index in [1.165, 1.54) is 12.8 Å². The third-order valence-corrected chi connectivity index (χ3v) is 4.63. The van der Waals surface area contributed by atoms with Crippen LogP contribution in [-0.4, -0.2) is 44.4 Å². The van der Waals surface area contributed by atoms with Crippen LogP contribution in [0.25, 0.3) is 0 Å². The summed E-state index contributed by atoms with van der Waals surface area (Å²) in [5.41, 5.74) is 0. The van der Waals surface area contributed by atoms with E-state index >= 15 is 0 Å². The Morgan fingerprint density at radius 3 is 2.88 bits per heavy atom. The van der Waals surface area contributed by atoms with E-state index < -0.39 is 0 Å². The van der Waals surface area contributed by atoms with Gasteiger partial charge in [-0.15, -0.1) is 10.2 Å². The van der Waals surface area contributed by atoms with Crippen LogP contribution < -0.4 is 5.32 Å². The molecule has 2 aromatic rings. The van der Waals surface area contributed by atoms with E-state index in [9.17, 15) is 0 Å². The van der Waals surface area contributed by atoms with Crippen molar-refractivity contribution in [1.29, 1.82) is 0 Å². The van der Waals surface area contributed by atoms with E-state index in [2.05, 4.69) is 30.6 Å². The lowest BCUT2D eigenvalue weighted by molar-refractivity contribution is 0.175. The average Bonchev–Trinajstić information content (AvgIpc) is 3.17. The fourth-order valence-corrected chi connectivity index (χ4v) is 3.13. The van der Waals surface area contributed by atoms with Gasteiger partial charge in [0, 0.05) is 24.9 Å². The molecule has 1 saturated carbocycles. The number of hydrogen-bond donors (Lipinski definition) is 1. The summed E-state index contributed by atoms with van der Waals surface area (Å²) in [6.45, 7) is 5.44. The molecule has 1 aliphatic carbocycles. The number of hydrogen-bond acceptors (Lipinski definition) is 8. The first-order valence-corrected chi connectivity index (χ1v) is 8.89. The van der Waals surface area contributed by atoms with Crippen molar-refractivity contribution in [3.8, 4) is 0 Å². The number of rotatable bonds is 7. The minimum Gasteiger partial charge on any atom is -0.424 e. The lowest BCUT2D eigenvalue weighted by atomic mass is 10.1. The topological polar surface area (TPSA) is 93.1 Å². The van der Waals surface area contributed by atoms with Gasteiger partial charge >= 0.3 is 0 Å². The van der Waals surface area contributed by atoms with E-state index in [4.69, 9.17) is 8.94 Å². The van der Waals surface area contributed by atoms with Crippen molar-refractivity contribution in [2.24, 2.45) is 0 Å². The predicted molar refractivity (Wildman–Crippen MR) is 85.1 cm³/mol. The van der Waals surface area contributed by atoms with E-state index in [0.717, 1.165) is 50.6 Å². The minimum absolute atomic E-state index is 0.422. The molecule has 1 saturated heterocycles. The lowest BCUT2D eigenvalue weighted by Crippen LogP contribution is -2.45. The predicted octanol–water partition coefficient (Wildman–Crippen LogP) is 1.65. The van der Waals surface area contributed by atoms with Crippen LogP contribution in [0, 0.1) is 0 Å². The van der Waals surface area contributed by atoms with E-state index in [-0.39, 0.29) is 0 Å². The molecule has 0 radical (unpaired) electrons. The van der Waals surface area contributed by atoms with Gasteiger partial charge in [0.1, 0.15) is 0 Å². The molecule has 1 aliphatic heterocycles. The second kappa shape index (κ2) is 6.98. The van der Waals surface area contributed by atoms with Gasteiger partial charge in [0.15, 0.2) is 5.82 Å². The maximum atomic E-state index is 5.55. The van der Waals surface area contributed by atoms with Crippen molar-refractivity contribution in [2.45, 2.75) is 64.1 Å². The fraction of sp³-hybridized carbons (Fsp3) is 0.750. The summed E-state index contributed by atoms with van der Waals surface area (Å²) < 4.78 is 10.9. The maximum Gasteiger partial charge on any atom is 0.230 e. The van der Waals surface area contributed by atoms with Gasteiger partial charge in [-0.3, -0.25) is 4.90 Å². The van der Waals surface area contributed by atoms with Crippen molar-refractivity contribution in [1.82, 2.24) is 30.6 Å². The van der Waals surface area contributed by atoms with Crippen LogP contribution in [0.15, 0.2) is 8.94 Å². The highest BCUT2D eigenvalue weighted by atomic mass is 16.5. The molecule has 4 rings (SSSR count). The van der Waals surface area contributed by atoms with Crippen molar-refractivity contribution in [2.75, 3.05) is 13.1 Å². The smallest absolute Gasteiger partial charge is 0.230 e. The first-order chi connectivity index (χ1) is 11.8. The molecule has 1 atom stereocenters. The molecule has 2 aromatic heterocycles. The summed E-state index contributed by atoms with van der Waals surface area (Å²) in [5.74, 6) is 3.50. The molecule has 8 nitrogen and oxygen atoms in total. The normalized spacial score (nSPS) is 22.1. The van der Waals surface area contributed by atoms with Crippen molar-refractivity contribution in [3.05, 3.63) is 23.5 Å². The Balaban J connectivity index is 1.26. The molecule has 3 heterocycles. The monoisotopic (exact) mass is 332 g/mol. The largest absolute Gasteiger partial charge is 0.424 e. The van der Waals surface area contributed by atoms with Gasteiger partial charge in [-0.05, 0) is 32.2 Å². The fourth-order valence-electron chi connectivity index (χ4n) is 3.13. The van der Waals surface area contributed by atoms with Crippen LogP contribution in [0.4, 0.5) is 0 Å². The number of nitrogens with zero attached hydrogens (tertiary/aromatic N) is 5. The molecule has 0 aromatic carbocycles. The van der Waals surface area contributed by atoms with Crippen molar-refractivity contribution >= 4 is 0 Å². The van der Waals surface area contributed by atoms with Gasteiger partial charge in [-0.25, -0.2) is 0 Å². The summed E-state index contributed by atoms with van der Waals surface area (Å²) >= 11 is 0. The highest BCUT2D eigenvalue weighted by Gasteiger charge is 2.30. The molecule has 1 N–H and O–H groups in total. The zero-order valence-corrected chi connectivity index (χ0v) is 14.1. The highest BCUT2D eigenvalue weighted by Crippen LogP contribution is 2.38. The SMILES string of the molecule is CCc1nnc(CNC2CCCN(Cc3noc(C4CC4)n3)C2)o1. The summed E-state index contributed by atoms with van der Waals surface area (Å²) in [5, 5.41) is 15.7. The maximum absolute atomic E-state index is 5.55. The number of aryl methyl sites for hydroxylation is 1. The van der Waals surface area contributed by atoms with Crippen LogP contribution >= 0.6 is 0 Å². The Hall–Kier alpha value is -1.80. The third kappa shape index (κ3) is 3.81. The first kappa shape index (κ1) is 15.7. The number of nitrogens with one attached hydrogen (secondary N) is 1. The minimum atomic E-state index is 0.422. The van der Waals surface area contributed by atoms with E-state index in [1.807, 2.05) is 6.92 Å². The summed E-state index contributed by atoms with van der Waals surface area (Å²) in [6.07, 6.45) is 5.47. The Labute approximate surface area is 141 Å². The quantitative estimate of drug-likeness (QED) is 0.818. The molecular formula is C16H24N6O2. The average molecular weight is 332 g/mol. The van der Waals surface area contributed by atoms with E-state index in [0.29, 0.717) is 30.3 Å². The molecular weight excluding hydrogens is 308 g/mol. The Bertz CT molecular complexity index is 665. The summed E-state index contributed by atoms with van der Waals surface area (Å²) in [4.78, 5) is 6.91. The van der Waals surface area contributed by atoms with Gasteiger partial charge in [0.05, 0.1) is 13.1 Å². The van der Waals surface area contributed by atoms with Gasteiger partial charge in [0.25, 0.3) is 0 Å². The molecule has 0 bridgehead atoms. The second-order valence-electron chi connectivity index (χ2n) is 6.72. The van der Waals surface area contributed by atoms with Gasteiger partial charge in [-0.2, -0.15) is 4.98 Å². The van der Waals surface area contributed by atoms with Crippen LogP contribution in [0.1, 0.15) is 62.0 Å². The highest BCUT2D eigenvalue weighted by molar-refractivity contribution is 5.01. The van der Waals surface area contributed by atoms with Crippen LogP contribution in [0.5, 0.6) is 0 Å². The standard InChI is InChI=1S/C16H24N6O2/c1-2-14-19-20-15(23-14)8-17-12-4-3-7-22(9-12)10-13-18-16(24-21-13)11-5-6-11/h11-12,17H,2-10H2,1H3. The van der Waals surface area contributed by atoms with Gasteiger partial charge < -0.3 is 14.3 Å². The molecule has 2 aliphatic rings. The summed E-state index contributed by atoms with van der Waals surface area (Å²) in [6, 6.07) is 0.422. The molecule has 1 unspecified atom stereocenters. The lowest BCUT2D eigenvalue weighted by Gasteiger charge is -2.32. The first-order valence-electron chi connectivity index (χ1n) is 8.89. The van der Waals surface area contributed by atoms with Crippen molar-refractivity contribution in [3.63, 3.8) is 0 Å². The molecule has 0 amide bonds. The molecule has 0 spiro atoms. The van der Waals surface area contributed by atoms with Crippen molar-refractivity contribution < 1.29 is 8.94 Å². The van der Waals surface area contributed by atoms with Gasteiger partial charge in [0.2, 0.25) is 17.7 Å². The second-order valence-corrected chi connectivity index (χ2v) is 6.72. The zero-order valence-electron chi connectivity index (χ0n) is 14.1. The molecule has 2 fully saturated rings. The van der Waals surface area contributed by atoms with Gasteiger partial charge in [-0.1, -0.05) is 12.1 Å². The Morgan fingerprint density at radius 2 is 2.08 bits per heavy atom. The summed E-state index contributed by atoms with van der Waals surface area (Å²) in [7, 11) is 0. The zero-order chi connectivity index (χ0) is 16.4.